The minimum absolute atomic E-state index is 0.0838. The summed E-state index contributed by atoms with van der Waals surface area (Å²) in [7, 11) is -0.739. The zero-order valence-corrected chi connectivity index (χ0v) is 14.0. The number of rotatable bonds is 7. The normalized spacial score (nSPS) is 12.7. The Hall–Kier alpha value is -0.730. The highest BCUT2D eigenvalue weighted by atomic mass is 35.5. The molecule has 1 aromatic rings. The first-order valence-corrected chi connectivity index (χ1v) is 8.14. The number of methoxy groups -OCH3 is 1. The molecule has 0 saturated heterocycles. The first-order chi connectivity index (χ1) is 9.63. The molecule has 0 saturated carbocycles. The van der Waals surface area contributed by atoms with Crippen molar-refractivity contribution < 1.29 is 17.5 Å². The lowest BCUT2D eigenvalue weighted by atomic mass is 10.1. The first kappa shape index (κ1) is 18.3. The van der Waals surface area contributed by atoms with Crippen molar-refractivity contribution in [2.75, 3.05) is 20.8 Å². The maximum Gasteiger partial charge on any atom is 0.241 e. The molecule has 0 radical (unpaired) electrons. The van der Waals surface area contributed by atoms with Crippen LogP contribution in [0.15, 0.2) is 17.0 Å². The Morgan fingerprint density at radius 2 is 2.00 bits per heavy atom. The van der Waals surface area contributed by atoms with Gasteiger partial charge in [-0.2, -0.15) is 0 Å². The van der Waals surface area contributed by atoms with E-state index in [0.29, 0.717) is 5.56 Å². The van der Waals surface area contributed by atoms with Crippen LogP contribution in [0.1, 0.15) is 19.4 Å². The van der Waals surface area contributed by atoms with Gasteiger partial charge in [0.1, 0.15) is 5.82 Å². The molecule has 0 spiro atoms. The minimum atomic E-state index is -3.88. The second kappa shape index (κ2) is 7.02. The van der Waals surface area contributed by atoms with Crippen LogP contribution in [-0.2, 0) is 21.3 Å². The molecule has 21 heavy (non-hydrogen) atoms. The molecule has 0 atom stereocenters. The predicted octanol–water partition coefficient (Wildman–Crippen LogP) is 1.90. The number of halogens is 2. The summed E-state index contributed by atoms with van der Waals surface area (Å²) in [5, 5.41) is 2.73. The van der Waals surface area contributed by atoms with Crippen LogP contribution in [0.5, 0.6) is 0 Å². The molecule has 0 fully saturated rings. The van der Waals surface area contributed by atoms with Gasteiger partial charge in [-0.3, -0.25) is 0 Å². The number of sulfonamides is 1. The maximum absolute atomic E-state index is 13.8. The molecule has 0 aliphatic heterocycles. The molecule has 0 amide bonds. The summed E-state index contributed by atoms with van der Waals surface area (Å²) in [5.74, 6) is -0.769. The summed E-state index contributed by atoms with van der Waals surface area (Å²) in [4.78, 5) is -0.168. The standard InChI is InChI=1S/C13H20ClFN2O3S/c1-13(2,8-20-4)17-21(18,19)10-5-9(7-16-3)12(14)11(15)6-10/h5-6,16-17H,7-8H2,1-4H3. The number of hydrogen-bond donors (Lipinski definition) is 2. The fourth-order valence-corrected chi connectivity index (χ4v) is 3.54. The van der Waals surface area contributed by atoms with E-state index in [1.54, 1.807) is 20.9 Å². The molecule has 120 valence electrons. The van der Waals surface area contributed by atoms with Gasteiger partial charge in [0.25, 0.3) is 0 Å². The van der Waals surface area contributed by atoms with Crippen molar-refractivity contribution in [2.45, 2.75) is 30.8 Å². The summed E-state index contributed by atoms with van der Waals surface area (Å²) in [5.41, 5.74) is -0.434. The average molecular weight is 339 g/mol. The van der Waals surface area contributed by atoms with Gasteiger partial charge in [0.2, 0.25) is 10.0 Å². The van der Waals surface area contributed by atoms with E-state index in [2.05, 4.69) is 10.0 Å². The fourth-order valence-electron chi connectivity index (χ4n) is 1.91. The van der Waals surface area contributed by atoms with Crippen molar-refractivity contribution in [3.05, 3.63) is 28.5 Å². The molecule has 0 bridgehead atoms. The Morgan fingerprint density at radius 3 is 2.52 bits per heavy atom. The Kier molecular flexibility index (Phi) is 6.12. The van der Waals surface area contributed by atoms with E-state index in [0.717, 1.165) is 6.07 Å². The van der Waals surface area contributed by atoms with Crippen molar-refractivity contribution in [2.24, 2.45) is 0 Å². The van der Waals surface area contributed by atoms with Gasteiger partial charge in [-0.1, -0.05) is 11.6 Å². The van der Waals surface area contributed by atoms with E-state index < -0.39 is 21.4 Å². The monoisotopic (exact) mass is 338 g/mol. The van der Waals surface area contributed by atoms with Gasteiger partial charge in [0, 0.05) is 13.7 Å². The predicted molar refractivity (Wildman–Crippen MR) is 80.5 cm³/mol. The van der Waals surface area contributed by atoms with E-state index in [-0.39, 0.29) is 23.1 Å². The van der Waals surface area contributed by atoms with Crippen molar-refractivity contribution in [1.82, 2.24) is 10.0 Å². The lowest BCUT2D eigenvalue weighted by molar-refractivity contribution is 0.141. The molecular weight excluding hydrogens is 319 g/mol. The van der Waals surface area contributed by atoms with E-state index in [4.69, 9.17) is 16.3 Å². The third kappa shape index (κ3) is 4.89. The molecule has 0 unspecified atom stereocenters. The Bertz CT molecular complexity index is 606. The van der Waals surface area contributed by atoms with Crippen LogP contribution in [0.4, 0.5) is 4.39 Å². The second-order valence-corrected chi connectivity index (χ2v) is 7.39. The fraction of sp³-hybridized carbons (Fsp3) is 0.538. The third-order valence-corrected chi connectivity index (χ3v) is 4.77. The highest BCUT2D eigenvalue weighted by Crippen LogP contribution is 2.25. The molecule has 2 N–H and O–H groups in total. The summed E-state index contributed by atoms with van der Waals surface area (Å²) in [6.07, 6.45) is 0. The maximum atomic E-state index is 13.8. The molecule has 8 heteroatoms. The second-order valence-electron chi connectivity index (χ2n) is 5.33. The van der Waals surface area contributed by atoms with Gasteiger partial charge in [-0.25, -0.2) is 17.5 Å². The minimum Gasteiger partial charge on any atom is -0.383 e. The van der Waals surface area contributed by atoms with Gasteiger partial charge in [0.05, 0.1) is 22.1 Å². The topological polar surface area (TPSA) is 67.4 Å². The number of benzene rings is 1. The van der Waals surface area contributed by atoms with Gasteiger partial charge in [-0.05, 0) is 38.6 Å². The molecule has 0 heterocycles. The molecule has 0 aliphatic carbocycles. The van der Waals surface area contributed by atoms with Gasteiger partial charge < -0.3 is 10.1 Å². The zero-order valence-electron chi connectivity index (χ0n) is 12.5. The quantitative estimate of drug-likeness (QED) is 0.797. The van der Waals surface area contributed by atoms with Crippen LogP contribution in [0, 0.1) is 5.82 Å². The van der Waals surface area contributed by atoms with Crippen LogP contribution in [0.25, 0.3) is 0 Å². The van der Waals surface area contributed by atoms with E-state index in [1.165, 1.54) is 13.2 Å². The van der Waals surface area contributed by atoms with Crippen LogP contribution >= 0.6 is 11.6 Å². The van der Waals surface area contributed by atoms with Gasteiger partial charge in [0.15, 0.2) is 0 Å². The van der Waals surface area contributed by atoms with Crippen LogP contribution in [0.3, 0.4) is 0 Å². The Morgan fingerprint density at radius 1 is 1.38 bits per heavy atom. The Labute approximate surface area is 129 Å². The third-order valence-electron chi connectivity index (χ3n) is 2.67. The number of ether oxygens (including phenoxy) is 1. The lowest BCUT2D eigenvalue weighted by Crippen LogP contribution is -2.46. The van der Waals surface area contributed by atoms with Gasteiger partial charge in [-0.15, -0.1) is 0 Å². The summed E-state index contributed by atoms with van der Waals surface area (Å²) < 4.78 is 45.9. The van der Waals surface area contributed by atoms with E-state index >= 15 is 0 Å². The van der Waals surface area contributed by atoms with E-state index in [9.17, 15) is 12.8 Å². The van der Waals surface area contributed by atoms with Crippen molar-refractivity contribution >= 4 is 21.6 Å². The highest BCUT2D eigenvalue weighted by molar-refractivity contribution is 7.89. The van der Waals surface area contributed by atoms with Crippen molar-refractivity contribution in [3.8, 4) is 0 Å². The SMILES string of the molecule is CNCc1cc(S(=O)(=O)NC(C)(C)COC)cc(F)c1Cl. The van der Waals surface area contributed by atoms with Crippen LogP contribution in [-0.4, -0.2) is 34.7 Å². The van der Waals surface area contributed by atoms with E-state index in [1.807, 2.05) is 0 Å². The van der Waals surface area contributed by atoms with Crippen molar-refractivity contribution in [1.29, 1.82) is 0 Å². The summed E-state index contributed by atoms with van der Waals surface area (Å²) in [6, 6.07) is 2.26. The first-order valence-electron chi connectivity index (χ1n) is 6.28. The largest absolute Gasteiger partial charge is 0.383 e. The van der Waals surface area contributed by atoms with Crippen LogP contribution < -0.4 is 10.0 Å². The van der Waals surface area contributed by atoms with Gasteiger partial charge >= 0.3 is 0 Å². The number of hydrogen-bond acceptors (Lipinski definition) is 4. The van der Waals surface area contributed by atoms with Crippen LogP contribution in [0.2, 0.25) is 5.02 Å². The average Bonchev–Trinajstić information content (AvgIpc) is 2.33. The molecule has 1 rings (SSSR count). The molecule has 0 aliphatic rings. The summed E-state index contributed by atoms with van der Waals surface area (Å²) >= 11 is 5.83. The number of nitrogens with one attached hydrogen (secondary N) is 2. The molecule has 5 nitrogen and oxygen atoms in total. The lowest BCUT2D eigenvalue weighted by Gasteiger charge is -2.25. The molecule has 0 aromatic heterocycles. The smallest absolute Gasteiger partial charge is 0.241 e. The molecule has 1 aromatic carbocycles. The molecular formula is C13H20ClFN2O3S. The highest BCUT2D eigenvalue weighted by Gasteiger charge is 2.27. The summed E-state index contributed by atoms with van der Waals surface area (Å²) in [6.45, 7) is 3.80. The van der Waals surface area contributed by atoms with Crippen molar-refractivity contribution in [3.63, 3.8) is 0 Å². The zero-order chi connectivity index (χ0) is 16.3. The Balaban J connectivity index is 3.20.